The van der Waals surface area contributed by atoms with Crippen LogP contribution < -0.4 is 4.90 Å². The van der Waals surface area contributed by atoms with E-state index >= 15 is 0 Å². The van der Waals surface area contributed by atoms with E-state index in [0.29, 0.717) is 32.6 Å². The standard InChI is InChI=1S/C20H29N3O5S/c1-16-4-3-5-17(14-16)21-7-9-22(10-8-21)19(24)20(25)23(11-12-28-2)18-6-13-29(26,27)15-18/h3-5,14,18H,6-13,15H2,1-2H3. The predicted octanol–water partition coefficient (Wildman–Crippen LogP) is 0.306. The molecule has 29 heavy (non-hydrogen) atoms. The molecule has 0 aromatic heterocycles. The summed E-state index contributed by atoms with van der Waals surface area (Å²) in [5, 5.41) is 0. The Balaban J connectivity index is 1.63. The van der Waals surface area contributed by atoms with Crippen molar-refractivity contribution in [2.75, 3.05) is 62.8 Å². The van der Waals surface area contributed by atoms with E-state index in [2.05, 4.69) is 11.0 Å². The van der Waals surface area contributed by atoms with Gasteiger partial charge in [0.2, 0.25) is 0 Å². The number of carbonyl (C=O) groups excluding carboxylic acids is 2. The number of sulfone groups is 1. The molecule has 2 amide bonds. The van der Waals surface area contributed by atoms with Gasteiger partial charge in [0.25, 0.3) is 0 Å². The summed E-state index contributed by atoms with van der Waals surface area (Å²) in [7, 11) is -1.64. The van der Waals surface area contributed by atoms with Crippen LogP contribution in [0, 0.1) is 6.92 Å². The molecule has 0 spiro atoms. The molecule has 0 bridgehead atoms. The number of rotatable bonds is 5. The Hall–Kier alpha value is -2.13. The minimum absolute atomic E-state index is 0.0534. The molecule has 0 radical (unpaired) electrons. The van der Waals surface area contributed by atoms with Crippen molar-refractivity contribution in [1.29, 1.82) is 0 Å². The van der Waals surface area contributed by atoms with E-state index < -0.39 is 27.7 Å². The lowest BCUT2D eigenvalue weighted by Crippen LogP contribution is -2.55. The molecule has 1 unspecified atom stereocenters. The van der Waals surface area contributed by atoms with Gasteiger partial charge in [-0.1, -0.05) is 12.1 Å². The molecular weight excluding hydrogens is 394 g/mol. The third-order valence-corrected chi connectivity index (χ3v) is 7.31. The quantitative estimate of drug-likeness (QED) is 0.634. The van der Waals surface area contributed by atoms with Crippen molar-refractivity contribution in [3.05, 3.63) is 29.8 Å². The van der Waals surface area contributed by atoms with Crippen molar-refractivity contribution >= 4 is 27.3 Å². The zero-order valence-electron chi connectivity index (χ0n) is 17.0. The van der Waals surface area contributed by atoms with Gasteiger partial charge < -0.3 is 19.4 Å². The predicted molar refractivity (Wildman–Crippen MR) is 111 cm³/mol. The fourth-order valence-electron chi connectivity index (χ4n) is 3.91. The third-order valence-electron chi connectivity index (χ3n) is 5.56. The summed E-state index contributed by atoms with van der Waals surface area (Å²) in [4.78, 5) is 30.9. The van der Waals surface area contributed by atoms with Gasteiger partial charge in [-0.05, 0) is 31.0 Å². The highest BCUT2D eigenvalue weighted by atomic mass is 32.2. The zero-order chi connectivity index (χ0) is 21.0. The van der Waals surface area contributed by atoms with Crippen molar-refractivity contribution in [3.8, 4) is 0 Å². The molecule has 2 heterocycles. The Labute approximate surface area is 172 Å². The highest BCUT2D eigenvalue weighted by Gasteiger charge is 2.38. The second-order valence-electron chi connectivity index (χ2n) is 7.67. The average Bonchev–Trinajstić information content (AvgIpc) is 3.07. The highest BCUT2D eigenvalue weighted by molar-refractivity contribution is 7.91. The van der Waals surface area contributed by atoms with Gasteiger partial charge in [-0.2, -0.15) is 0 Å². The molecule has 2 aliphatic heterocycles. The number of nitrogens with zero attached hydrogens (tertiary/aromatic N) is 3. The third kappa shape index (κ3) is 5.27. The Morgan fingerprint density at radius 3 is 2.52 bits per heavy atom. The molecule has 3 rings (SSSR count). The van der Waals surface area contributed by atoms with Gasteiger partial charge in [0.1, 0.15) is 0 Å². The summed E-state index contributed by atoms with van der Waals surface area (Å²) in [5.41, 5.74) is 2.29. The molecule has 0 N–H and O–H groups in total. The number of methoxy groups -OCH3 is 1. The van der Waals surface area contributed by atoms with Gasteiger partial charge in [0.15, 0.2) is 9.84 Å². The monoisotopic (exact) mass is 423 g/mol. The van der Waals surface area contributed by atoms with Crippen LogP contribution in [0.15, 0.2) is 24.3 Å². The Bertz CT molecular complexity index is 849. The van der Waals surface area contributed by atoms with E-state index in [1.807, 2.05) is 25.1 Å². The van der Waals surface area contributed by atoms with Crippen LogP contribution in [0.2, 0.25) is 0 Å². The lowest BCUT2D eigenvalue weighted by Gasteiger charge is -2.37. The molecule has 160 valence electrons. The molecule has 2 saturated heterocycles. The van der Waals surface area contributed by atoms with E-state index in [0.717, 1.165) is 5.69 Å². The van der Waals surface area contributed by atoms with Crippen LogP contribution in [-0.2, 0) is 24.2 Å². The van der Waals surface area contributed by atoms with Gasteiger partial charge in [-0.3, -0.25) is 9.59 Å². The Morgan fingerprint density at radius 1 is 1.21 bits per heavy atom. The molecule has 0 aliphatic carbocycles. The van der Waals surface area contributed by atoms with Gasteiger partial charge >= 0.3 is 11.8 Å². The first-order valence-electron chi connectivity index (χ1n) is 9.91. The average molecular weight is 424 g/mol. The van der Waals surface area contributed by atoms with Crippen LogP contribution in [0.1, 0.15) is 12.0 Å². The summed E-state index contributed by atoms with van der Waals surface area (Å²) in [5.74, 6) is -1.23. The van der Waals surface area contributed by atoms with Gasteiger partial charge in [-0.25, -0.2) is 8.42 Å². The molecule has 1 aromatic rings. The maximum absolute atomic E-state index is 12.9. The topological polar surface area (TPSA) is 87.2 Å². The van der Waals surface area contributed by atoms with Gasteiger partial charge in [0.05, 0.1) is 18.1 Å². The zero-order valence-corrected chi connectivity index (χ0v) is 17.9. The van der Waals surface area contributed by atoms with Crippen LogP contribution in [0.5, 0.6) is 0 Å². The van der Waals surface area contributed by atoms with Gasteiger partial charge in [0, 0.05) is 51.6 Å². The number of hydrogen-bond donors (Lipinski definition) is 0. The molecule has 2 fully saturated rings. The van der Waals surface area contributed by atoms with Crippen LogP contribution >= 0.6 is 0 Å². The molecule has 1 atom stereocenters. The number of aryl methyl sites for hydroxylation is 1. The number of ether oxygens (including phenoxy) is 1. The highest BCUT2D eigenvalue weighted by Crippen LogP contribution is 2.20. The van der Waals surface area contributed by atoms with Crippen molar-refractivity contribution in [1.82, 2.24) is 9.80 Å². The summed E-state index contributed by atoms with van der Waals surface area (Å²) in [6.07, 6.45) is 0.367. The smallest absolute Gasteiger partial charge is 0.312 e. The van der Waals surface area contributed by atoms with Crippen molar-refractivity contribution < 1.29 is 22.7 Å². The Kier molecular flexibility index (Phi) is 6.79. The number of benzene rings is 1. The maximum Gasteiger partial charge on any atom is 0.312 e. The molecule has 8 nitrogen and oxygen atoms in total. The van der Waals surface area contributed by atoms with E-state index in [9.17, 15) is 18.0 Å². The number of carbonyl (C=O) groups is 2. The first-order chi connectivity index (χ1) is 13.8. The van der Waals surface area contributed by atoms with Crippen molar-refractivity contribution in [3.63, 3.8) is 0 Å². The second-order valence-corrected chi connectivity index (χ2v) is 9.90. The lowest BCUT2D eigenvalue weighted by molar-refractivity contribution is -0.153. The van der Waals surface area contributed by atoms with Crippen LogP contribution in [0.4, 0.5) is 5.69 Å². The largest absolute Gasteiger partial charge is 0.383 e. The SMILES string of the molecule is COCCN(C(=O)C(=O)N1CCN(c2cccc(C)c2)CC1)C1CCS(=O)(=O)C1. The second kappa shape index (κ2) is 9.13. The van der Waals surface area contributed by atoms with Crippen LogP contribution in [0.25, 0.3) is 0 Å². The molecule has 1 aromatic carbocycles. The summed E-state index contributed by atoms with van der Waals surface area (Å²) < 4.78 is 28.7. The van der Waals surface area contributed by atoms with Crippen LogP contribution in [-0.4, -0.2) is 94.0 Å². The summed E-state index contributed by atoms with van der Waals surface area (Å²) >= 11 is 0. The first-order valence-corrected chi connectivity index (χ1v) is 11.7. The van der Waals surface area contributed by atoms with E-state index in [4.69, 9.17) is 4.74 Å². The molecule has 0 saturated carbocycles. The first kappa shape index (κ1) is 21.6. The van der Waals surface area contributed by atoms with E-state index in [1.54, 1.807) is 4.90 Å². The fourth-order valence-corrected chi connectivity index (χ4v) is 5.64. The van der Waals surface area contributed by atoms with Crippen LogP contribution in [0.3, 0.4) is 0 Å². The molecule has 2 aliphatic rings. The number of anilines is 1. The number of piperazine rings is 1. The summed E-state index contributed by atoms with van der Waals surface area (Å²) in [6, 6.07) is 7.74. The van der Waals surface area contributed by atoms with Crippen molar-refractivity contribution in [2.45, 2.75) is 19.4 Å². The van der Waals surface area contributed by atoms with Crippen molar-refractivity contribution in [2.24, 2.45) is 0 Å². The lowest BCUT2D eigenvalue weighted by atomic mass is 10.2. The Morgan fingerprint density at radius 2 is 1.93 bits per heavy atom. The van der Waals surface area contributed by atoms with E-state index in [1.165, 1.54) is 17.6 Å². The number of hydrogen-bond acceptors (Lipinski definition) is 6. The fraction of sp³-hybridized carbons (Fsp3) is 0.600. The molecular formula is C20H29N3O5S. The summed E-state index contributed by atoms with van der Waals surface area (Å²) in [6.45, 7) is 4.73. The van der Waals surface area contributed by atoms with Gasteiger partial charge in [-0.15, -0.1) is 0 Å². The normalized spacial score (nSPS) is 21.2. The minimum Gasteiger partial charge on any atom is -0.383 e. The van der Waals surface area contributed by atoms with E-state index in [-0.39, 0.29) is 24.7 Å². The maximum atomic E-state index is 12.9. The molecule has 9 heteroatoms. The number of amides is 2. The minimum atomic E-state index is -3.16.